The number of aliphatic hydroxyl groups excluding tert-OH is 1. The maximum absolute atomic E-state index is 12.3. The van der Waals surface area contributed by atoms with Gasteiger partial charge in [-0.15, -0.1) is 0 Å². The topological polar surface area (TPSA) is 88.1 Å². The highest BCUT2D eigenvalue weighted by Gasteiger charge is 2.32. The van der Waals surface area contributed by atoms with Gasteiger partial charge in [-0.2, -0.15) is 26.3 Å². The fraction of sp³-hybridized carbons (Fsp3) is 0.375. The highest BCUT2D eigenvalue weighted by molar-refractivity contribution is 6.17. The van der Waals surface area contributed by atoms with Crippen LogP contribution in [0.1, 0.15) is 0 Å². The van der Waals surface area contributed by atoms with Crippen molar-refractivity contribution in [3.8, 4) is 11.5 Å². The van der Waals surface area contributed by atoms with E-state index in [1.807, 2.05) is 0 Å². The molecule has 0 fully saturated rings. The van der Waals surface area contributed by atoms with Gasteiger partial charge in [-0.1, -0.05) is 0 Å². The Labute approximate surface area is 159 Å². The third-order valence-electron chi connectivity index (χ3n) is 3.30. The summed E-state index contributed by atoms with van der Waals surface area (Å²) >= 11 is 0. The lowest BCUT2D eigenvalue weighted by Gasteiger charge is -2.16. The normalized spacial score (nSPS) is 14.9. The number of ether oxygens (including phenoxy) is 2. The van der Waals surface area contributed by atoms with Gasteiger partial charge in [0.25, 0.3) is 11.8 Å². The molecular formula is C16H14F6N2O5. The Kier molecular flexibility index (Phi) is 6.62. The van der Waals surface area contributed by atoms with Crippen LogP contribution in [0.4, 0.5) is 32.0 Å². The maximum atomic E-state index is 12.3. The Morgan fingerprint density at radius 1 is 0.931 bits per heavy atom. The predicted octanol–water partition coefficient (Wildman–Crippen LogP) is 2.23. The number of alkyl halides is 6. The summed E-state index contributed by atoms with van der Waals surface area (Å²) in [5.74, 6) is -2.53. The first-order valence-corrected chi connectivity index (χ1v) is 7.87. The zero-order valence-corrected chi connectivity index (χ0v) is 14.4. The van der Waals surface area contributed by atoms with E-state index < -0.39 is 55.5 Å². The van der Waals surface area contributed by atoms with E-state index in [1.165, 1.54) is 0 Å². The number of nitrogens with zero attached hydrogens (tertiary/aromatic N) is 1. The monoisotopic (exact) mass is 428 g/mol. The van der Waals surface area contributed by atoms with E-state index >= 15 is 0 Å². The fourth-order valence-corrected chi connectivity index (χ4v) is 2.21. The Balaban J connectivity index is 2.24. The number of carbonyl (C=O) groups excluding carboxylic acids is 2. The number of amides is 2. The number of halogens is 6. The van der Waals surface area contributed by atoms with Crippen LogP contribution in [0.3, 0.4) is 0 Å². The van der Waals surface area contributed by atoms with Crippen LogP contribution in [-0.4, -0.2) is 60.5 Å². The summed E-state index contributed by atoms with van der Waals surface area (Å²) in [5, 5.41) is 11.3. The van der Waals surface area contributed by atoms with Gasteiger partial charge in [0.15, 0.2) is 13.2 Å². The van der Waals surface area contributed by atoms with Gasteiger partial charge in [-0.25, -0.2) is 0 Å². The van der Waals surface area contributed by atoms with Crippen molar-refractivity contribution < 1.29 is 50.5 Å². The lowest BCUT2D eigenvalue weighted by molar-refractivity contribution is -0.154. The van der Waals surface area contributed by atoms with Crippen LogP contribution < -0.4 is 14.8 Å². The third-order valence-corrected chi connectivity index (χ3v) is 3.30. The molecule has 1 heterocycles. The second-order valence-corrected chi connectivity index (χ2v) is 5.70. The quantitative estimate of drug-likeness (QED) is 0.488. The molecule has 29 heavy (non-hydrogen) atoms. The van der Waals surface area contributed by atoms with Crippen LogP contribution in [0, 0.1) is 0 Å². The zero-order valence-electron chi connectivity index (χ0n) is 14.4. The number of anilines is 1. The second kappa shape index (κ2) is 8.59. The molecule has 0 aromatic heterocycles. The summed E-state index contributed by atoms with van der Waals surface area (Å²) in [6.07, 6.45) is -8.52. The molecule has 1 aromatic carbocycles. The first-order chi connectivity index (χ1) is 13.4. The summed E-state index contributed by atoms with van der Waals surface area (Å²) in [4.78, 5) is 24.5. The van der Waals surface area contributed by atoms with Crippen molar-refractivity contribution in [3.05, 3.63) is 30.0 Å². The van der Waals surface area contributed by atoms with Crippen LogP contribution in [-0.2, 0) is 9.59 Å². The van der Waals surface area contributed by atoms with Crippen LogP contribution in [0.15, 0.2) is 30.0 Å². The average Bonchev–Trinajstić information content (AvgIpc) is 2.85. The molecule has 2 N–H and O–H groups in total. The van der Waals surface area contributed by atoms with E-state index in [0.717, 1.165) is 24.3 Å². The van der Waals surface area contributed by atoms with E-state index in [9.17, 15) is 35.9 Å². The van der Waals surface area contributed by atoms with E-state index in [1.54, 1.807) is 0 Å². The molecule has 0 aliphatic carbocycles. The highest BCUT2D eigenvalue weighted by Crippen LogP contribution is 2.30. The number of imide groups is 1. The Bertz CT molecular complexity index is 770. The smallest absolute Gasteiger partial charge is 0.422 e. The van der Waals surface area contributed by atoms with Gasteiger partial charge in [0.1, 0.15) is 17.2 Å². The standard InChI is InChI=1S/C16H14F6N2O5/c17-15(18,19)7-28-10-3-9(4-11(5-10)29-8-16(20,21)22)23-12-6-13(26)24(1-2-25)14(12)27/h3-6,23,25H,1-2,7-8H2. The third kappa shape index (κ3) is 6.85. The number of β-amino-alcohol motifs (C(OH)–C–C–N with tert-alkyl or cyclic N) is 1. The average molecular weight is 428 g/mol. The molecule has 2 rings (SSSR count). The molecule has 0 spiro atoms. The Morgan fingerprint density at radius 3 is 1.90 bits per heavy atom. The predicted molar refractivity (Wildman–Crippen MR) is 85.1 cm³/mol. The lowest BCUT2D eigenvalue weighted by atomic mass is 10.2. The van der Waals surface area contributed by atoms with Crippen molar-refractivity contribution >= 4 is 17.5 Å². The minimum Gasteiger partial charge on any atom is -0.484 e. The van der Waals surface area contributed by atoms with Crippen LogP contribution in [0.5, 0.6) is 11.5 Å². The van der Waals surface area contributed by atoms with Crippen molar-refractivity contribution in [1.82, 2.24) is 4.90 Å². The maximum Gasteiger partial charge on any atom is 0.422 e. The molecule has 2 amide bonds. The molecule has 0 bridgehead atoms. The van der Waals surface area contributed by atoms with E-state index in [-0.39, 0.29) is 17.9 Å². The van der Waals surface area contributed by atoms with Gasteiger partial charge < -0.3 is 19.9 Å². The zero-order chi connectivity index (χ0) is 21.8. The molecule has 0 radical (unpaired) electrons. The van der Waals surface area contributed by atoms with Gasteiger partial charge in [0, 0.05) is 30.0 Å². The van der Waals surface area contributed by atoms with Gasteiger partial charge in [-0.3, -0.25) is 14.5 Å². The van der Waals surface area contributed by atoms with Gasteiger partial charge in [0.2, 0.25) is 0 Å². The van der Waals surface area contributed by atoms with Crippen molar-refractivity contribution in [2.24, 2.45) is 0 Å². The minimum absolute atomic E-state index is 0.153. The molecule has 0 unspecified atom stereocenters. The fourth-order valence-electron chi connectivity index (χ4n) is 2.21. The van der Waals surface area contributed by atoms with Crippen LogP contribution in [0.2, 0.25) is 0 Å². The number of aliphatic hydroxyl groups is 1. The summed E-state index contributed by atoms with van der Waals surface area (Å²) in [6, 6.07) is 2.79. The molecule has 1 aliphatic heterocycles. The molecule has 7 nitrogen and oxygen atoms in total. The number of hydrogen-bond donors (Lipinski definition) is 2. The second-order valence-electron chi connectivity index (χ2n) is 5.70. The lowest BCUT2D eigenvalue weighted by Crippen LogP contribution is -2.34. The van der Waals surface area contributed by atoms with Crippen molar-refractivity contribution in [3.63, 3.8) is 0 Å². The first-order valence-electron chi connectivity index (χ1n) is 7.87. The van der Waals surface area contributed by atoms with Crippen molar-refractivity contribution in [2.45, 2.75) is 12.4 Å². The molecule has 0 atom stereocenters. The van der Waals surface area contributed by atoms with Crippen molar-refractivity contribution in [1.29, 1.82) is 0 Å². The molecule has 160 valence electrons. The Hall–Kier alpha value is -2.96. The van der Waals surface area contributed by atoms with Crippen LogP contribution >= 0.6 is 0 Å². The number of hydrogen-bond acceptors (Lipinski definition) is 6. The number of benzene rings is 1. The largest absolute Gasteiger partial charge is 0.484 e. The summed E-state index contributed by atoms with van der Waals surface area (Å²) < 4.78 is 83.1. The van der Waals surface area contributed by atoms with E-state index in [4.69, 9.17) is 5.11 Å². The molecule has 0 saturated heterocycles. The number of nitrogens with one attached hydrogen (secondary N) is 1. The molecule has 1 aromatic rings. The summed E-state index contributed by atoms with van der Waals surface area (Å²) in [5.41, 5.74) is -0.446. The van der Waals surface area contributed by atoms with Gasteiger partial charge in [0.05, 0.1) is 13.2 Å². The first kappa shape index (κ1) is 22.3. The minimum atomic E-state index is -4.70. The number of rotatable bonds is 8. The molecular weight excluding hydrogens is 414 g/mol. The summed E-state index contributed by atoms with van der Waals surface area (Å²) in [7, 11) is 0. The Morgan fingerprint density at radius 2 is 1.45 bits per heavy atom. The summed E-state index contributed by atoms with van der Waals surface area (Å²) in [6.45, 7) is -4.19. The SMILES string of the molecule is O=C1C=C(Nc2cc(OCC(F)(F)F)cc(OCC(F)(F)F)c2)C(=O)N1CCO. The van der Waals surface area contributed by atoms with E-state index in [2.05, 4.69) is 14.8 Å². The molecule has 1 aliphatic rings. The number of carbonyl (C=O) groups is 2. The van der Waals surface area contributed by atoms with Crippen LogP contribution in [0.25, 0.3) is 0 Å². The van der Waals surface area contributed by atoms with Gasteiger partial charge in [-0.05, 0) is 0 Å². The molecule has 0 saturated carbocycles. The highest BCUT2D eigenvalue weighted by atomic mass is 19.4. The van der Waals surface area contributed by atoms with Gasteiger partial charge >= 0.3 is 12.4 Å². The van der Waals surface area contributed by atoms with E-state index in [0.29, 0.717) is 4.90 Å². The molecule has 13 heteroatoms. The van der Waals surface area contributed by atoms with Crippen molar-refractivity contribution in [2.75, 3.05) is 31.7 Å².